The maximum Gasteiger partial charge on any atom is 0.300 e. The molecule has 0 amide bonds. The van der Waals surface area contributed by atoms with Crippen molar-refractivity contribution < 1.29 is 19.5 Å². The Morgan fingerprint density at radius 3 is 1.10 bits per heavy atom. The average Bonchev–Trinajstić information content (AvgIpc) is 2.29. The summed E-state index contributed by atoms with van der Waals surface area (Å²) in [5.41, 5.74) is 0. The van der Waals surface area contributed by atoms with Crippen LogP contribution >= 0.6 is 0 Å². The van der Waals surface area contributed by atoms with E-state index in [1.54, 1.807) is 13.8 Å². The summed E-state index contributed by atoms with van der Waals surface area (Å²) in [5, 5.41) is 7.42. The first kappa shape index (κ1) is 23.9. The van der Waals surface area contributed by atoms with Crippen molar-refractivity contribution in [2.24, 2.45) is 0 Å². The summed E-state index contributed by atoms with van der Waals surface area (Å²) in [5.74, 6) is -0.197. The van der Waals surface area contributed by atoms with Gasteiger partial charge in [-0.05, 0) is 26.7 Å². The minimum absolute atomic E-state index is 0.318. The maximum absolute atomic E-state index is 10.3. The van der Waals surface area contributed by atoms with Crippen LogP contribution in [0.15, 0.2) is 0 Å². The highest BCUT2D eigenvalue weighted by Gasteiger charge is 1.90. The molecule has 0 aromatic rings. The fourth-order valence-corrected chi connectivity index (χ4v) is 1.25. The molecule has 120 valence electrons. The second kappa shape index (κ2) is 20.1. The van der Waals surface area contributed by atoms with Gasteiger partial charge in [0.25, 0.3) is 5.97 Å². The van der Waals surface area contributed by atoms with Crippen molar-refractivity contribution >= 4 is 17.5 Å². The molecular formula is C16H32O4. The first-order valence-corrected chi connectivity index (χ1v) is 7.46. The minimum Gasteiger partial charge on any atom is -0.481 e. The first-order chi connectivity index (χ1) is 9.27. The van der Waals surface area contributed by atoms with Gasteiger partial charge in [-0.25, -0.2) is 0 Å². The van der Waals surface area contributed by atoms with Crippen LogP contribution in [0.2, 0.25) is 0 Å². The van der Waals surface area contributed by atoms with Crippen molar-refractivity contribution in [1.29, 1.82) is 0 Å². The van der Waals surface area contributed by atoms with Gasteiger partial charge in [0, 0.05) is 19.8 Å². The molecule has 0 aliphatic heterocycles. The molecule has 0 fully saturated rings. The molecule has 0 rings (SSSR count). The van der Waals surface area contributed by atoms with Crippen LogP contribution in [0.4, 0.5) is 0 Å². The van der Waals surface area contributed by atoms with E-state index in [9.17, 15) is 9.59 Å². The molecular weight excluding hydrogens is 256 g/mol. The number of carboxylic acids is 1. The largest absolute Gasteiger partial charge is 0.481 e. The van der Waals surface area contributed by atoms with E-state index in [4.69, 9.17) is 9.90 Å². The van der Waals surface area contributed by atoms with Crippen molar-refractivity contribution in [2.45, 2.75) is 86.0 Å². The Morgan fingerprint density at radius 2 is 0.950 bits per heavy atom. The van der Waals surface area contributed by atoms with Gasteiger partial charge in [-0.2, -0.15) is 0 Å². The summed E-state index contributed by atoms with van der Waals surface area (Å²) in [7, 11) is 0. The molecule has 0 unspecified atom stereocenters. The van der Waals surface area contributed by atoms with Crippen molar-refractivity contribution in [3.63, 3.8) is 0 Å². The SMILES string of the molecule is CC(=O)O.CCCCCC(C)=O.CCCCCC(C)=O. The molecule has 0 aliphatic carbocycles. The Balaban J connectivity index is -0.000000230. The van der Waals surface area contributed by atoms with E-state index in [0.717, 1.165) is 32.6 Å². The zero-order valence-electron chi connectivity index (χ0n) is 13.8. The summed E-state index contributed by atoms with van der Waals surface area (Å²) in [6.07, 6.45) is 8.49. The molecule has 0 spiro atoms. The Bertz CT molecular complexity index is 223. The van der Waals surface area contributed by atoms with Gasteiger partial charge in [-0.3, -0.25) is 4.79 Å². The maximum atomic E-state index is 10.3. The van der Waals surface area contributed by atoms with E-state index >= 15 is 0 Å². The predicted octanol–water partition coefficient (Wildman–Crippen LogP) is 4.40. The Labute approximate surface area is 124 Å². The lowest BCUT2D eigenvalue weighted by molar-refractivity contribution is -0.134. The lowest BCUT2D eigenvalue weighted by Gasteiger charge is -1.90. The van der Waals surface area contributed by atoms with Crippen LogP contribution in [0.1, 0.15) is 86.0 Å². The molecule has 0 aliphatic rings. The fourth-order valence-electron chi connectivity index (χ4n) is 1.25. The number of carboxylic acid groups (broad SMARTS) is 1. The molecule has 0 bridgehead atoms. The molecule has 0 saturated carbocycles. The molecule has 0 aromatic heterocycles. The monoisotopic (exact) mass is 288 g/mol. The van der Waals surface area contributed by atoms with Crippen LogP contribution < -0.4 is 0 Å². The van der Waals surface area contributed by atoms with Gasteiger partial charge >= 0.3 is 0 Å². The van der Waals surface area contributed by atoms with E-state index < -0.39 is 5.97 Å². The smallest absolute Gasteiger partial charge is 0.300 e. The number of hydrogen-bond donors (Lipinski definition) is 1. The number of carbonyl (C=O) groups excluding carboxylic acids is 2. The Morgan fingerprint density at radius 1 is 0.700 bits per heavy atom. The second-order valence-electron chi connectivity index (χ2n) is 4.84. The number of unbranched alkanes of at least 4 members (excludes halogenated alkanes) is 4. The van der Waals surface area contributed by atoms with E-state index in [-0.39, 0.29) is 0 Å². The van der Waals surface area contributed by atoms with Gasteiger partial charge in [-0.15, -0.1) is 0 Å². The molecule has 0 aromatic carbocycles. The lowest BCUT2D eigenvalue weighted by atomic mass is 10.2. The highest BCUT2D eigenvalue weighted by atomic mass is 16.4. The van der Waals surface area contributed by atoms with Crippen LogP contribution in [0.3, 0.4) is 0 Å². The van der Waals surface area contributed by atoms with Crippen molar-refractivity contribution in [3.8, 4) is 0 Å². The predicted molar refractivity (Wildman–Crippen MR) is 83.0 cm³/mol. The third kappa shape index (κ3) is 54.1. The van der Waals surface area contributed by atoms with Crippen LogP contribution in [-0.4, -0.2) is 22.6 Å². The fraction of sp³-hybridized carbons (Fsp3) is 0.812. The van der Waals surface area contributed by atoms with E-state index in [2.05, 4.69) is 13.8 Å². The van der Waals surface area contributed by atoms with Gasteiger partial charge in [-0.1, -0.05) is 39.5 Å². The number of rotatable bonds is 8. The van der Waals surface area contributed by atoms with Crippen LogP contribution in [0, 0.1) is 0 Å². The first-order valence-electron chi connectivity index (χ1n) is 7.46. The number of Topliss-reactive ketones (excluding diaryl/α,β-unsaturated/α-hetero) is 2. The highest BCUT2D eigenvalue weighted by Crippen LogP contribution is 1.98. The van der Waals surface area contributed by atoms with Crippen molar-refractivity contribution in [2.75, 3.05) is 0 Å². The number of aliphatic carboxylic acids is 1. The third-order valence-corrected chi connectivity index (χ3v) is 2.26. The summed E-state index contributed by atoms with van der Waals surface area (Å²) in [6, 6.07) is 0. The number of ketones is 2. The van der Waals surface area contributed by atoms with Gasteiger partial charge < -0.3 is 14.7 Å². The molecule has 0 atom stereocenters. The second-order valence-corrected chi connectivity index (χ2v) is 4.84. The van der Waals surface area contributed by atoms with E-state index in [1.165, 1.54) is 25.7 Å². The van der Waals surface area contributed by atoms with Gasteiger partial charge in [0.05, 0.1) is 0 Å². The van der Waals surface area contributed by atoms with Crippen LogP contribution in [-0.2, 0) is 14.4 Å². The number of carbonyl (C=O) groups is 3. The molecule has 4 heteroatoms. The molecule has 1 N–H and O–H groups in total. The zero-order valence-corrected chi connectivity index (χ0v) is 13.8. The standard InChI is InChI=1S/2C7H14O.C2H4O2/c2*1-3-4-5-6-7(2)8;1-2(3)4/h2*3-6H2,1-2H3;1H3,(H,3,4). The van der Waals surface area contributed by atoms with Crippen molar-refractivity contribution in [1.82, 2.24) is 0 Å². The normalized spacial score (nSPS) is 8.65. The third-order valence-electron chi connectivity index (χ3n) is 2.26. The summed E-state index contributed by atoms with van der Waals surface area (Å²) in [4.78, 5) is 29.6. The average molecular weight is 288 g/mol. The zero-order chi connectivity index (χ0) is 16.4. The molecule has 4 nitrogen and oxygen atoms in total. The quantitative estimate of drug-likeness (QED) is 0.672. The van der Waals surface area contributed by atoms with E-state index in [0.29, 0.717) is 11.6 Å². The molecule has 0 heterocycles. The molecule has 0 saturated heterocycles. The minimum atomic E-state index is -0.833. The highest BCUT2D eigenvalue weighted by molar-refractivity contribution is 5.75. The Hall–Kier alpha value is -1.19. The number of hydrogen-bond acceptors (Lipinski definition) is 3. The summed E-state index contributed by atoms with van der Waals surface area (Å²) >= 11 is 0. The summed E-state index contributed by atoms with van der Waals surface area (Å²) < 4.78 is 0. The topological polar surface area (TPSA) is 71.4 Å². The molecule has 20 heavy (non-hydrogen) atoms. The van der Waals surface area contributed by atoms with E-state index in [1.807, 2.05) is 0 Å². The molecule has 0 radical (unpaired) electrons. The Kier molecular flexibility index (Phi) is 24.0. The lowest BCUT2D eigenvalue weighted by Crippen LogP contribution is -1.87. The van der Waals surface area contributed by atoms with Gasteiger partial charge in [0.15, 0.2) is 0 Å². The van der Waals surface area contributed by atoms with Crippen LogP contribution in [0.5, 0.6) is 0 Å². The van der Waals surface area contributed by atoms with Crippen molar-refractivity contribution in [3.05, 3.63) is 0 Å². The summed E-state index contributed by atoms with van der Waals surface area (Å²) in [6.45, 7) is 8.66. The van der Waals surface area contributed by atoms with Gasteiger partial charge in [0.2, 0.25) is 0 Å². The van der Waals surface area contributed by atoms with Gasteiger partial charge in [0.1, 0.15) is 11.6 Å². The van der Waals surface area contributed by atoms with Crippen LogP contribution in [0.25, 0.3) is 0 Å².